The van der Waals surface area contributed by atoms with E-state index in [1.165, 1.54) is 11.3 Å². The summed E-state index contributed by atoms with van der Waals surface area (Å²) in [7, 11) is 0. The summed E-state index contributed by atoms with van der Waals surface area (Å²) >= 11 is 1.38. The summed E-state index contributed by atoms with van der Waals surface area (Å²) in [4.78, 5) is 15.2. The first-order chi connectivity index (χ1) is 9.93. The van der Waals surface area contributed by atoms with Gasteiger partial charge in [0.05, 0.1) is 18.7 Å². The van der Waals surface area contributed by atoms with Crippen LogP contribution in [0.5, 0.6) is 5.75 Å². The van der Waals surface area contributed by atoms with E-state index in [2.05, 4.69) is 11.1 Å². The van der Waals surface area contributed by atoms with Crippen molar-refractivity contribution in [2.75, 3.05) is 6.61 Å². The lowest BCUT2D eigenvalue weighted by molar-refractivity contribution is -0.136. The molecule has 5 heteroatoms. The van der Waals surface area contributed by atoms with Crippen molar-refractivity contribution >= 4 is 17.3 Å². The highest BCUT2D eigenvalue weighted by molar-refractivity contribution is 7.10. The van der Waals surface area contributed by atoms with Gasteiger partial charge in [-0.25, -0.2) is 4.98 Å². The van der Waals surface area contributed by atoms with Gasteiger partial charge in [-0.15, -0.1) is 11.3 Å². The number of benzene rings is 1. The van der Waals surface area contributed by atoms with E-state index in [9.17, 15) is 4.79 Å². The molecule has 0 fully saturated rings. The van der Waals surface area contributed by atoms with Crippen LogP contribution in [-0.4, -0.2) is 22.7 Å². The first kappa shape index (κ1) is 15.5. The van der Waals surface area contributed by atoms with Crippen molar-refractivity contribution in [1.29, 1.82) is 0 Å². The Hall–Kier alpha value is -1.88. The van der Waals surface area contributed by atoms with E-state index in [-0.39, 0.29) is 6.42 Å². The van der Waals surface area contributed by atoms with Crippen LogP contribution in [0.1, 0.15) is 28.6 Å². The standard InChI is InChI=1S/C16H19NO3S/c1-5-20-16-9(2)6-12(10(3)11(16)4)13-8-21-14(17-13)7-15(18)19/h6,8H,5,7H2,1-4H3,(H,18,19). The molecule has 1 heterocycles. The molecule has 0 bridgehead atoms. The maximum Gasteiger partial charge on any atom is 0.310 e. The summed E-state index contributed by atoms with van der Waals surface area (Å²) in [5.74, 6) is 0.0754. The molecule has 0 unspecified atom stereocenters. The molecule has 0 radical (unpaired) electrons. The lowest BCUT2D eigenvalue weighted by atomic mass is 9.97. The minimum atomic E-state index is -0.855. The van der Waals surface area contributed by atoms with Crippen LogP contribution in [0.4, 0.5) is 0 Å². The molecule has 0 aliphatic rings. The minimum Gasteiger partial charge on any atom is -0.493 e. The van der Waals surface area contributed by atoms with E-state index in [0.29, 0.717) is 11.6 Å². The average Bonchev–Trinajstić information content (AvgIpc) is 2.86. The number of carboxylic acids is 1. The van der Waals surface area contributed by atoms with Crippen LogP contribution in [0.2, 0.25) is 0 Å². The predicted octanol–water partition coefficient (Wildman–Crippen LogP) is 3.76. The molecule has 2 rings (SSSR count). The smallest absolute Gasteiger partial charge is 0.310 e. The first-order valence-corrected chi connectivity index (χ1v) is 7.72. The molecule has 0 atom stereocenters. The molecule has 1 aromatic carbocycles. The van der Waals surface area contributed by atoms with Gasteiger partial charge in [0, 0.05) is 10.9 Å². The summed E-state index contributed by atoms with van der Waals surface area (Å²) in [6.07, 6.45) is -0.0291. The van der Waals surface area contributed by atoms with Gasteiger partial charge in [0.15, 0.2) is 0 Å². The van der Waals surface area contributed by atoms with Crippen LogP contribution >= 0.6 is 11.3 Å². The predicted molar refractivity (Wildman–Crippen MR) is 84.3 cm³/mol. The second-order valence-corrected chi connectivity index (χ2v) is 5.89. The third-order valence-electron chi connectivity index (χ3n) is 3.44. The number of carbonyl (C=O) groups is 1. The molecule has 2 aromatic rings. The number of nitrogens with zero attached hydrogens (tertiary/aromatic N) is 1. The van der Waals surface area contributed by atoms with E-state index < -0.39 is 5.97 Å². The number of rotatable bonds is 5. The Morgan fingerprint density at radius 3 is 2.67 bits per heavy atom. The van der Waals surface area contributed by atoms with Gasteiger partial charge in [0.2, 0.25) is 0 Å². The summed E-state index contributed by atoms with van der Waals surface area (Å²) in [6, 6.07) is 2.06. The molecule has 0 saturated carbocycles. The van der Waals surface area contributed by atoms with E-state index in [0.717, 1.165) is 33.7 Å². The van der Waals surface area contributed by atoms with E-state index >= 15 is 0 Å². The Kier molecular flexibility index (Phi) is 4.63. The zero-order valence-corrected chi connectivity index (χ0v) is 13.5. The van der Waals surface area contributed by atoms with E-state index in [1.807, 2.05) is 33.1 Å². The second-order valence-electron chi connectivity index (χ2n) is 4.95. The van der Waals surface area contributed by atoms with Crippen molar-refractivity contribution in [1.82, 2.24) is 4.98 Å². The maximum absolute atomic E-state index is 10.8. The molecular weight excluding hydrogens is 286 g/mol. The average molecular weight is 305 g/mol. The normalized spacial score (nSPS) is 10.7. The molecule has 0 spiro atoms. The fraction of sp³-hybridized carbons (Fsp3) is 0.375. The van der Waals surface area contributed by atoms with Crippen LogP contribution in [0, 0.1) is 20.8 Å². The first-order valence-electron chi connectivity index (χ1n) is 6.84. The molecular formula is C16H19NO3S. The van der Waals surface area contributed by atoms with Gasteiger partial charge in [0.25, 0.3) is 0 Å². The molecule has 112 valence electrons. The SMILES string of the molecule is CCOc1c(C)cc(-c2csc(CC(=O)O)n2)c(C)c1C. The number of carboxylic acid groups (broad SMARTS) is 1. The van der Waals surface area contributed by atoms with Gasteiger partial charge >= 0.3 is 5.97 Å². The monoisotopic (exact) mass is 305 g/mol. The van der Waals surface area contributed by atoms with Gasteiger partial charge in [-0.3, -0.25) is 4.79 Å². The topological polar surface area (TPSA) is 59.4 Å². The Morgan fingerprint density at radius 1 is 1.33 bits per heavy atom. The Labute approximate surface area is 128 Å². The highest BCUT2D eigenvalue weighted by Gasteiger charge is 2.15. The summed E-state index contributed by atoms with van der Waals surface area (Å²) in [5, 5.41) is 11.4. The number of aliphatic carboxylic acids is 1. The van der Waals surface area contributed by atoms with Crippen LogP contribution in [0.3, 0.4) is 0 Å². The number of aromatic nitrogens is 1. The highest BCUT2D eigenvalue weighted by atomic mass is 32.1. The zero-order chi connectivity index (χ0) is 15.6. The number of ether oxygens (including phenoxy) is 1. The fourth-order valence-electron chi connectivity index (χ4n) is 2.34. The van der Waals surface area contributed by atoms with Crippen molar-refractivity contribution in [3.05, 3.63) is 33.1 Å². The van der Waals surface area contributed by atoms with E-state index in [4.69, 9.17) is 9.84 Å². The van der Waals surface area contributed by atoms with Gasteiger partial charge in [-0.2, -0.15) is 0 Å². The number of hydrogen-bond acceptors (Lipinski definition) is 4. The largest absolute Gasteiger partial charge is 0.493 e. The molecule has 1 aromatic heterocycles. The lowest BCUT2D eigenvalue weighted by Crippen LogP contribution is -2.01. The third-order valence-corrected chi connectivity index (χ3v) is 4.29. The molecule has 1 N–H and O–H groups in total. The van der Waals surface area contributed by atoms with Crippen molar-refractivity contribution in [2.24, 2.45) is 0 Å². The molecule has 0 saturated heterocycles. The number of thiazole rings is 1. The van der Waals surface area contributed by atoms with Crippen molar-refractivity contribution in [3.8, 4) is 17.0 Å². The van der Waals surface area contributed by atoms with Gasteiger partial charge < -0.3 is 9.84 Å². The summed E-state index contributed by atoms with van der Waals surface area (Å²) in [6.45, 7) is 8.72. The van der Waals surface area contributed by atoms with Crippen LogP contribution in [-0.2, 0) is 11.2 Å². The molecule has 4 nitrogen and oxygen atoms in total. The molecule has 0 amide bonds. The van der Waals surface area contributed by atoms with Crippen LogP contribution in [0.25, 0.3) is 11.3 Å². The number of hydrogen-bond donors (Lipinski definition) is 1. The molecule has 21 heavy (non-hydrogen) atoms. The molecule has 0 aliphatic carbocycles. The third kappa shape index (κ3) is 3.24. The van der Waals surface area contributed by atoms with E-state index in [1.54, 1.807) is 0 Å². The highest BCUT2D eigenvalue weighted by Crippen LogP contribution is 2.34. The summed E-state index contributed by atoms with van der Waals surface area (Å²) in [5.41, 5.74) is 5.18. The lowest BCUT2D eigenvalue weighted by Gasteiger charge is -2.15. The van der Waals surface area contributed by atoms with Gasteiger partial charge in [-0.1, -0.05) is 0 Å². The van der Waals surface area contributed by atoms with Crippen molar-refractivity contribution in [3.63, 3.8) is 0 Å². The quantitative estimate of drug-likeness (QED) is 0.913. The second kappa shape index (κ2) is 6.26. The van der Waals surface area contributed by atoms with Crippen molar-refractivity contribution < 1.29 is 14.6 Å². The van der Waals surface area contributed by atoms with Crippen LogP contribution < -0.4 is 4.74 Å². The fourth-order valence-corrected chi connectivity index (χ4v) is 3.12. The Balaban J connectivity index is 2.45. The van der Waals surface area contributed by atoms with Crippen molar-refractivity contribution in [2.45, 2.75) is 34.1 Å². The summed E-state index contributed by atoms with van der Waals surface area (Å²) < 4.78 is 5.70. The zero-order valence-electron chi connectivity index (χ0n) is 12.7. The Morgan fingerprint density at radius 2 is 2.05 bits per heavy atom. The van der Waals surface area contributed by atoms with Gasteiger partial charge in [-0.05, 0) is 50.5 Å². The maximum atomic E-state index is 10.8. The van der Waals surface area contributed by atoms with Gasteiger partial charge in [0.1, 0.15) is 10.8 Å². The molecule has 0 aliphatic heterocycles. The Bertz CT molecular complexity index is 676. The number of aryl methyl sites for hydroxylation is 1. The van der Waals surface area contributed by atoms with Crippen LogP contribution in [0.15, 0.2) is 11.4 Å². The minimum absolute atomic E-state index is 0.0291.